The van der Waals surface area contributed by atoms with Gasteiger partial charge in [-0.3, -0.25) is 9.69 Å². The topological polar surface area (TPSA) is 128 Å². The molecule has 2 aliphatic heterocycles. The average Bonchev–Trinajstić information content (AvgIpc) is 2.88. The molecule has 0 aromatic heterocycles. The van der Waals surface area contributed by atoms with Crippen molar-refractivity contribution in [1.29, 1.82) is 0 Å². The van der Waals surface area contributed by atoms with Crippen LogP contribution in [0.5, 0.6) is 0 Å². The highest BCUT2D eigenvalue weighted by Crippen LogP contribution is 2.33. The fraction of sp³-hybridized carbons (Fsp3) is 0.417. The molecule has 0 aliphatic carbocycles. The molecule has 0 radical (unpaired) electrons. The number of aliphatic hydroxyl groups is 1. The summed E-state index contributed by atoms with van der Waals surface area (Å²) in [6, 6.07) is 13.1. The van der Waals surface area contributed by atoms with Crippen LogP contribution in [0.15, 0.2) is 42.5 Å². The number of nitrogens with two attached hydrogens (primary N) is 1. The summed E-state index contributed by atoms with van der Waals surface area (Å²) in [7, 11) is 0. The van der Waals surface area contributed by atoms with Crippen LogP contribution in [-0.4, -0.2) is 67.8 Å². The monoisotopic (exact) mass is 471 g/mol. The minimum atomic E-state index is -0.307. The molecule has 182 valence electrons. The Balaban J connectivity index is 1.39. The van der Waals surface area contributed by atoms with E-state index < -0.39 is 0 Å². The third-order valence-corrected chi connectivity index (χ3v) is 6.17. The van der Waals surface area contributed by atoms with Gasteiger partial charge in [-0.2, -0.15) is 5.48 Å². The lowest BCUT2D eigenvalue weighted by Gasteiger charge is -2.40. The lowest BCUT2D eigenvalue weighted by molar-refractivity contribution is -0.825. The number of aliphatic hydroxyl groups excluding tert-OH is 1. The summed E-state index contributed by atoms with van der Waals surface area (Å²) in [5.41, 5.74) is 4.78. The van der Waals surface area contributed by atoms with Gasteiger partial charge in [-0.1, -0.05) is 18.2 Å². The highest BCUT2D eigenvalue weighted by atomic mass is 16.6. The van der Waals surface area contributed by atoms with Crippen LogP contribution in [0.1, 0.15) is 28.8 Å². The molecule has 2 amide bonds. The molecule has 2 aromatic rings. The first-order chi connectivity index (χ1) is 16.6. The van der Waals surface area contributed by atoms with Crippen molar-refractivity contribution in [3.05, 3.63) is 53.6 Å². The molecule has 0 unspecified atom stereocenters. The average molecular weight is 472 g/mol. The standard InChI is InChI=1S/C24H30N4O6/c29-12-14-33-13-9-25-23(30)17-5-6-22(20(15-17)26-32)27-10-7-19(8-11-27)28-21-4-2-1-3-18(21)16-34-24(28)31/h1-6,15,19,26,29,32H,7-14,16H2,(H,25,30)/p+1. The molecule has 10 nitrogen and oxygen atoms in total. The van der Waals surface area contributed by atoms with Crippen molar-refractivity contribution in [3.63, 3.8) is 0 Å². The molecular weight excluding hydrogens is 440 g/mol. The summed E-state index contributed by atoms with van der Waals surface area (Å²) < 4.78 is 10.5. The first-order valence-electron chi connectivity index (χ1n) is 11.5. The maximum atomic E-state index is 12.5. The van der Waals surface area contributed by atoms with Gasteiger partial charge in [0.2, 0.25) is 0 Å². The van der Waals surface area contributed by atoms with E-state index in [1.165, 1.54) is 0 Å². The van der Waals surface area contributed by atoms with Crippen molar-refractivity contribution < 1.29 is 34.9 Å². The molecule has 0 atom stereocenters. The molecule has 2 aliphatic rings. The lowest BCUT2D eigenvalue weighted by Crippen LogP contribution is -2.74. The fourth-order valence-electron chi connectivity index (χ4n) is 4.48. The van der Waals surface area contributed by atoms with E-state index in [0.29, 0.717) is 44.1 Å². The molecule has 2 aromatic carbocycles. The first-order valence-corrected chi connectivity index (χ1v) is 11.5. The van der Waals surface area contributed by atoms with E-state index in [1.54, 1.807) is 17.0 Å². The van der Waals surface area contributed by atoms with Gasteiger partial charge in [-0.25, -0.2) is 10.0 Å². The number of piperidine rings is 1. The van der Waals surface area contributed by atoms with Crippen molar-refractivity contribution in [2.24, 2.45) is 0 Å². The molecule has 34 heavy (non-hydrogen) atoms. The highest BCUT2D eigenvalue weighted by Gasteiger charge is 2.34. The Morgan fingerprint density at radius 1 is 1.15 bits per heavy atom. The number of fused-ring (bicyclic) bond motifs is 1. The second-order valence-corrected chi connectivity index (χ2v) is 8.27. The van der Waals surface area contributed by atoms with Crippen molar-refractivity contribution >= 4 is 29.1 Å². The molecule has 4 rings (SSSR count). The van der Waals surface area contributed by atoms with Crippen LogP contribution in [0.3, 0.4) is 0 Å². The van der Waals surface area contributed by atoms with Gasteiger partial charge < -0.3 is 24.8 Å². The number of carbonyl (C=O) groups is 2. The number of benzene rings is 2. The molecule has 0 saturated carbocycles. The number of ether oxygens (including phenoxy) is 2. The van der Waals surface area contributed by atoms with Crippen LogP contribution in [-0.2, 0) is 16.1 Å². The smallest absolute Gasteiger partial charge is 0.414 e. The second-order valence-electron chi connectivity index (χ2n) is 8.27. The SMILES string of the molecule is O=C(NCCOCCO)c1ccc(N2CCC(N3C(=O)OCc4ccccc43)CC2)c([NH2+]O)c1. The number of cyclic esters (lactones) is 1. The quantitative estimate of drug-likeness (QED) is 0.245. The van der Waals surface area contributed by atoms with E-state index in [-0.39, 0.29) is 31.3 Å². The summed E-state index contributed by atoms with van der Waals surface area (Å²) in [6.45, 7) is 2.52. The highest BCUT2D eigenvalue weighted by molar-refractivity contribution is 5.95. The number of hydrogen-bond donors (Lipinski definition) is 4. The predicted octanol–water partition coefficient (Wildman–Crippen LogP) is 1.13. The molecule has 0 bridgehead atoms. The summed E-state index contributed by atoms with van der Waals surface area (Å²) in [5, 5.41) is 21.3. The molecule has 1 saturated heterocycles. The van der Waals surface area contributed by atoms with Crippen LogP contribution < -0.4 is 20.6 Å². The number of amides is 2. The molecule has 10 heteroatoms. The van der Waals surface area contributed by atoms with E-state index >= 15 is 0 Å². The second kappa shape index (κ2) is 11.3. The summed E-state index contributed by atoms with van der Waals surface area (Å²) in [5.74, 6) is -0.261. The van der Waals surface area contributed by atoms with Crippen LogP contribution in [0, 0.1) is 0 Å². The van der Waals surface area contributed by atoms with Gasteiger partial charge in [0, 0.05) is 42.9 Å². The van der Waals surface area contributed by atoms with Gasteiger partial charge in [0.25, 0.3) is 5.91 Å². The fourth-order valence-corrected chi connectivity index (χ4v) is 4.48. The number of para-hydroxylation sites is 1. The molecule has 1 fully saturated rings. The van der Waals surface area contributed by atoms with E-state index in [4.69, 9.17) is 14.6 Å². The van der Waals surface area contributed by atoms with E-state index in [1.807, 2.05) is 30.3 Å². The van der Waals surface area contributed by atoms with Gasteiger partial charge in [0.15, 0.2) is 5.69 Å². The number of carbonyl (C=O) groups excluding carboxylic acids is 2. The molecule has 0 spiro atoms. The van der Waals surface area contributed by atoms with Crippen LogP contribution in [0.25, 0.3) is 0 Å². The minimum absolute atomic E-state index is 0.0323. The zero-order valence-electron chi connectivity index (χ0n) is 19.0. The number of rotatable bonds is 9. The van der Waals surface area contributed by atoms with Gasteiger partial charge in [0.1, 0.15) is 12.3 Å². The normalized spacial score (nSPS) is 16.2. The first kappa shape index (κ1) is 24.0. The Hall–Kier alpha value is -3.18. The Labute approximate surface area is 198 Å². The third-order valence-electron chi connectivity index (χ3n) is 6.17. The maximum Gasteiger partial charge on any atom is 0.414 e. The van der Waals surface area contributed by atoms with Crippen LogP contribution in [0.2, 0.25) is 0 Å². The number of nitrogens with one attached hydrogen (secondary N) is 1. The summed E-state index contributed by atoms with van der Waals surface area (Å²) in [4.78, 5) is 28.9. The molecule has 5 N–H and O–H groups in total. The number of anilines is 2. The minimum Gasteiger partial charge on any atom is -0.444 e. The van der Waals surface area contributed by atoms with E-state index in [0.717, 1.165) is 35.3 Å². The Bertz CT molecular complexity index is 1010. The summed E-state index contributed by atoms with van der Waals surface area (Å²) >= 11 is 0. The Morgan fingerprint density at radius 2 is 1.94 bits per heavy atom. The lowest BCUT2D eigenvalue weighted by atomic mass is 9.99. The van der Waals surface area contributed by atoms with Gasteiger partial charge >= 0.3 is 6.09 Å². The largest absolute Gasteiger partial charge is 0.444 e. The van der Waals surface area contributed by atoms with Crippen LogP contribution >= 0.6 is 0 Å². The van der Waals surface area contributed by atoms with Gasteiger partial charge in [0.05, 0.1) is 25.5 Å². The third kappa shape index (κ3) is 5.31. The van der Waals surface area contributed by atoms with Gasteiger partial charge in [-0.05, 0) is 31.0 Å². The zero-order chi connectivity index (χ0) is 23.9. The number of nitrogens with zero attached hydrogens (tertiary/aromatic N) is 2. The Morgan fingerprint density at radius 3 is 2.71 bits per heavy atom. The molecule has 2 heterocycles. The van der Waals surface area contributed by atoms with Gasteiger partial charge in [-0.15, -0.1) is 0 Å². The van der Waals surface area contributed by atoms with Crippen molar-refractivity contribution in [1.82, 2.24) is 5.32 Å². The summed E-state index contributed by atoms with van der Waals surface area (Å²) in [6.07, 6.45) is 1.20. The number of quaternary nitrogens is 1. The van der Waals surface area contributed by atoms with Crippen molar-refractivity contribution in [3.8, 4) is 0 Å². The van der Waals surface area contributed by atoms with E-state index in [2.05, 4.69) is 10.2 Å². The van der Waals surface area contributed by atoms with Crippen molar-refractivity contribution in [2.45, 2.75) is 25.5 Å². The van der Waals surface area contributed by atoms with Crippen molar-refractivity contribution in [2.75, 3.05) is 49.3 Å². The zero-order valence-corrected chi connectivity index (χ0v) is 19.0. The van der Waals surface area contributed by atoms with E-state index in [9.17, 15) is 14.8 Å². The van der Waals surface area contributed by atoms with Crippen LogP contribution in [0.4, 0.5) is 21.9 Å². The predicted molar refractivity (Wildman–Crippen MR) is 124 cm³/mol. The maximum absolute atomic E-state index is 12.5. The molecular formula is C24H31N4O6+. The number of hydrogen-bond acceptors (Lipinski definition) is 7. The Kier molecular flexibility index (Phi) is 7.96.